The molecule has 0 aromatic carbocycles. The van der Waals surface area contributed by atoms with Gasteiger partial charge in [-0.25, -0.2) is 0 Å². The van der Waals surface area contributed by atoms with Gasteiger partial charge in [0.15, 0.2) is 0 Å². The average Bonchev–Trinajstić information content (AvgIpc) is 2.49. The molecule has 1 aromatic heterocycles. The van der Waals surface area contributed by atoms with Gasteiger partial charge in [0, 0.05) is 50.6 Å². The minimum absolute atomic E-state index is 0.129. The lowest BCUT2D eigenvalue weighted by atomic mass is 10.2. The van der Waals surface area contributed by atoms with Crippen LogP contribution in [0.15, 0.2) is 18.3 Å². The third-order valence-electron chi connectivity index (χ3n) is 3.85. The Morgan fingerprint density at radius 3 is 3.00 bits per heavy atom. The molecule has 0 aliphatic carbocycles. The van der Waals surface area contributed by atoms with Gasteiger partial charge in [-0.1, -0.05) is 0 Å². The summed E-state index contributed by atoms with van der Waals surface area (Å²) in [5.41, 5.74) is 1.39. The Morgan fingerprint density at radius 1 is 1.43 bits per heavy atom. The molecule has 6 nitrogen and oxygen atoms in total. The Morgan fingerprint density at radius 2 is 2.24 bits per heavy atom. The van der Waals surface area contributed by atoms with Gasteiger partial charge in [0.1, 0.15) is 5.69 Å². The van der Waals surface area contributed by atoms with Gasteiger partial charge in [0.2, 0.25) is 0 Å². The molecule has 1 aliphatic rings. The lowest BCUT2D eigenvalue weighted by Gasteiger charge is -2.37. The number of amides is 1. The van der Waals surface area contributed by atoms with Gasteiger partial charge in [0.25, 0.3) is 5.91 Å². The monoisotopic (exact) mass is 291 g/mol. The fourth-order valence-corrected chi connectivity index (χ4v) is 2.47. The summed E-state index contributed by atoms with van der Waals surface area (Å²) in [5, 5.41) is 6.18. The number of pyridine rings is 1. The molecule has 1 fully saturated rings. The van der Waals surface area contributed by atoms with Crippen LogP contribution in [0.2, 0.25) is 0 Å². The molecule has 0 saturated carbocycles. The van der Waals surface area contributed by atoms with E-state index < -0.39 is 0 Å². The molecular weight excluding hydrogens is 266 g/mol. The molecule has 0 bridgehead atoms. The molecule has 0 spiro atoms. The predicted molar refractivity (Wildman–Crippen MR) is 84.6 cm³/mol. The predicted octanol–water partition coefficient (Wildman–Crippen LogP) is 0.489. The van der Waals surface area contributed by atoms with Crippen molar-refractivity contribution in [3.8, 4) is 0 Å². The van der Waals surface area contributed by atoms with Crippen molar-refractivity contribution in [3.63, 3.8) is 0 Å². The maximum absolute atomic E-state index is 11.8. The summed E-state index contributed by atoms with van der Waals surface area (Å²) in [5.74, 6) is -0.129. The molecule has 0 radical (unpaired) electrons. The second-order valence-electron chi connectivity index (χ2n) is 5.57. The van der Waals surface area contributed by atoms with Crippen LogP contribution in [0.3, 0.4) is 0 Å². The number of hydrogen-bond acceptors (Lipinski definition) is 5. The Hall–Kier alpha value is -1.66. The molecule has 1 aliphatic heterocycles. The SMILES string of the molecule is CCNC(=O)c1cc(NCC2CN(C)CCN2C)ccn1. The number of carbonyl (C=O) groups excluding carboxylic acids is 1. The second-order valence-corrected chi connectivity index (χ2v) is 5.57. The van der Waals surface area contributed by atoms with Crippen LogP contribution in [-0.4, -0.2) is 73.6 Å². The van der Waals surface area contributed by atoms with Crippen LogP contribution in [-0.2, 0) is 0 Å². The first-order valence-corrected chi connectivity index (χ1v) is 7.47. The molecule has 1 saturated heterocycles. The van der Waals surface area contributed by atoms with Crippen LogP contribution in [0.5, 0.6) is 0 Å². The normalized spacial score (nSPS) is 20.2. The lowest BCUT2D eigenvalue weighted by Crippen LogP contribution is -2.52. The zero-order chi connectivity index (χ0) is 15.2. The maximum atomic E-state index is 11.8. The highest BCUT2D eigenvalue weighted by Crippen LogP contribution is 2.11. The molecular formula is C15H25N5O. The zero-order valence-corrected chi connectivity index (χ0v) is 13.1. The molecule has 6 heteroatoms. The Bertz CT molecular complexity index is 479. The highest BCUT2D eigenvalue weighted by atomic mass is 16.1. The van der Waals surface area contributed by atoms with Crippen LogP contribution in [0.4, 0.5) is 5.69 Å². The van der Waals surface area contributed by atoms with E-state index >= 15 is 0 Å². The van der Waals surface area contributed by atoms with E-state index in [9.17, 15) is 4.79 Å². The third-order valence-corrected chi connectivity index (χ3v) is 3.85. The second kappa shape index (κ2) is 7.38. The number of anilines is 1. The van der Waals surface area contributed by atoms with Gasteiger partial charge >= 0.3 is 0 Å². The summed E-state index contributed by atoms with van der Waals surface area (Å²) in [4.78, 5) is 20.6. The molecule has 1 amide bonds. The molecule has 116 valence electrons. The van der Waals surface area contributed by atoms with Gasteiger partial charge in [-0.05, 0) is 33.2 Å². The minimum Gasteiger partial charge on any atom is -0.383 e. The highest BCUT2D eigenvalue weighted by Gasteiger charge is 2.21. The van der Waals surface area contributed by atoms with E-state index in [1.807, 2.05) is 13.0 Å². The summed E-state index contributed by atoms with van der Waals surface area (Å²) >= 11 is 0. The van der Waals surface area contributed by atoms with Crippen LogP contribution < -0.4 is 10.6 Å². The largest absolute Gasteiger partial charge is 0.383 e. The van der Waals surface area contributed by atoms with Crippen LogP contribution in [0.1, 0.15) is 17.4 Å². The van der Waals surface area contributed by atoms with Gasteiger partial charge in [-0.2, -0.15) is 0 Å². The van der Waals surface area contributed by atoms with Crippen molar-refractivity contribution in [3.05, 3.63) is 24.0 Å². The Labute approximate surface area is 126 Å². The average molecular weight is 291 g/mol. The number of aromatic nitrogens is 1. The smallest absolute Gasteiger partial charge is 0.269 e. The molecule has 21 heavy (non-hydrogen) atoms. The van der Waals surface area contributed by atoms with E-state index in [0.29, 0.717) is 18.3 Å². The zero-order valence-electron chi connectivity index (χ0n) is 13.1. The summed E-state index contributed by atoms with van der Waals surface area (Å²) < 4.78 is 0. The fraction of sp³-hybridized carbons (Fsp3) is 0.600. The number of likely N-dealkylation sites (N-methyl/N-ethyl adjacent to an activating group) is 2. The lowest BCUT2D eigenvalue weighted by molar-refractivity contribution is 0.0951. The third kappa shape index (κ3) is 4.41. The van der Waals surface area contributed by atoms with Crippen molar-refractivity contribution < 1.29 is 4.79 Å². The number of nitrogens with zero attached hydrogens (tertiary/aromatic N) is 3. The van der Waals surface area contributed by atoms with Crippen LogP contribution in [0, 0.1) is 0 Å². The van der Waals surface area contributed by atoms with E-state index in [0.717, 1.165) is 31.9 Å². The number of piperazine rings is 1. The molecule has 1 atom stereocenters. The first kappa shape index (κ1) is 15.7. The maximum Gasteiger partial charge on any atom is 0.269 e. The van der Waals surface area contributed by atoms with Crippen molar-refractivity contribution in [1.29, 1.82) is 0 Å². The van der Waals surface area contributed by atoms with Gasteiger partial charge < -0.3 is 15.5 Å². The quantitative estimate of drug-likeness (QED) is 0.827. The minimum atomic E-state index is -0.129. The van der Waals surface area contributed by atoms with E-state index in [1.54, 1.807) is 12.3 Å². The van der Waals surface area contributed by atoms with E-state index in [1.165, 1.54) is 0 Å². The highest BCUT2D eigenvalue weighted by molar-refractivity contribution is 5.93. The van der Waals surface area contributed by atoms with Gasteiger partial charge in [-0.15, -0.1) is 0 Å². The molecule has 2 N–H and O–H groups in total. The van der Waals surface area contributed by atoms with Crippen molar-refractivity contribution >= 4 is 11.6 Å². The van der Waals surface area contributed by atoms with E-state index in [4.69, 9.17) is 0 Å². The molecule has 2 heterocycles. The number of rotatable bonds is 5. The molecule has 1 aromatic rings. The van der Waals surface area contributed by atoms with Crippen LogP contribution >= 0.6 is 0 Å². The number of hydrogen-bond donors (Lipinski definition) is 2. The van der Waals surface area contributed by atoms with Crippen molar-refractivity contribution in [2.24, 2.45) is 0 Å². The van der Waals surface area contributed by atoms with Crippen molar-refractivity contribution in [2.75, 3.05) is 52.1 Å². The standard InChI is InChI=1S/C15H25N5O/c1-4-16-15(21)14-9-12(5-6-17-14)18-10-13-11-19(2)7-8-20(13)3/h5-6,9,13H,4,7-8,10-11H2,1-3H3,(H,16,21)(H,17,18). The molecule has 2 rings (SSSR count). The Kier molecular flexibility index (Phi) is 5.52. The molecule has 1 unspecified atom stereocenters. The number of carbonyl (C=O) groups is 1. The Balaban J connectivity index is 1.93. The summed E-state index contributed by atoms with van der Waals surface area (Å²) in [6.45, 7) is 6.62. The van der Waals surface area contributed by atoms with Gasteiger partial charge in [0.05, 0.1) is 0 Å². The first-order valence-electron chi connectivity index (χ1n) is 7.47. The first-order chi connectivity index (χ1) is 10.1. The van der Waals surface area contributed by atoms with Crippen LogP contribution in [0.25, 0.3) is 0 Å². The fourth-order valence-electron chi connectivity index (χ4n) is 2.47. The van der Waals surface area contributed by atoms with Crippen molar-refractivity contribution in [1.82, 2.24) is 20.1 Å². The summed E-state index contributed by atoms with van der Waals surface area (Å²) in [6, 6.07) is 4.18. The topological polar surface area (TPSA) is 60.5 Å². The van der Waals surface area contributed by atoms with Gasteiger partial charge in [-0.3, -0.25) is 14.7 Å². The summed E-state index contributed by atoms with van der Waals surface area (Å²) in [7, 11) is 4.31. The van der Waals surface area contributed by atoms with Crippen molar-refractivity contribution in [2.45, 2.75) is 13.0 Å². The van der Waals surface area contributed by atoms with E-state index in [-0.39, 0.29) is 5.91 Å². The summed E-state index contributed by atoms with van der Waals surface area (Å²) in [6.07, 6.45) is 1.67. The van der Waals surface area contributed by atoms with E-state index in [2.05, 4.69) is 39.5 Å². The number of nitrogens with one attached hydrogen (secondary N) is 2.